The van der Waals surface area contributed by atoms with Crippen molar-refractivity contribution >= 4 is 23.3 Å². The summed E-state index contributed by atoms with van der Waals surface area (Å²) in [6.07, 6.45) is 0. The fourth-order valence-corrected chi connectivity index (χ4v) is 4.12. The molecule has 2 aliphatic rings. The molecule has 2 aliphatic heterocycles. The zero-order valence-corrected chi connectivity index (χ0v) is 20.8. The highest BCUT2D eigenvalue weighted by Crippen LogP contribution is 2.33. The van der Waals surface area contributed by atoms with Crippen LogP contribution in [-0.4, -0.2) is 81.6 Å². The van der Waals surface area contributed by atoms with Gasteiger partial charge in [0.25, 0.3) is 5.91 Å². The molecule has 2 heterocycles. The Morgan fingerprint density at radius 2 is 1.92 bits per heavy atom. The molecule has 192 valence electrons. The molecule has 9 nitrogen and oxygen atoms in total. The molecule has 36 heavy (non-hydrogen) atoms. The van der Waals surface area contributed by atoms with Crippen molar-refractivity contribution in [3.63, 3.8) is 0 Å². The van der Waals surface area contributed by atoms with Gasteiger partial charge < -0.3 is 19.5 Å². The second-order valence-corrected chi connectivity index (χ2v) is 9.19. The Balaban J connectivity index is 1.37. The quantitative estimate of drug-likeness (QED) is 0.505. The van der Waals surface area contributed by atoms with Gasteiger partial charge in [-0.15, -0.1) is 0 Å². The number of ether oxygens (including phenoxy) is 3. The van der Waals surface area contributed by atoms with Crippen molar-refractivity contribution in [2.24, 2.45) is 0 Å². The van der Waals surface area contributed by atoms with E-state index in [0.717, 1.165) is 25.2 Å². The molecule has 0 aromatic heterocycles. The SMILES string of the molecule is CC(C)c1cccc(OCC(=O)c2ccc3c(c2)N(CC(=O)NCCN2CCOCC2)C(=O)CO3)c1. The number of carbonyl (C=O) groups excluding carboxylic acids is 3. The molecule has 2 amide bonds. The van der Waals surface area contributed by atoms with E-state index in [9.17, 15) is 14.4 Å². The molecule has 0 aliphatic carbocycles. The lowest BCUT2D eigenvalue weighted by atomic mass is 10.0. The number of Topliss-reactive ketones (excluding diaryl/α,β-unsaturated/α-hetero) is 1. The molecule has 1 fully saturated rings. The molecule has 0 unspecified atom stereocenters. The van der Waals surface area contributed by atoms with Crippen LogP contribution >= 0.6 is 0 Å². The number of hydrogen-bond donors (Lipinski definition) is 1. The van der Waals surface area contributed by atoms with Gasteiger partial charge in [0.15, 0.2) is 19.0 Å². The van der Waals surface area contributed by atoms with Gasteiger partial charge in [-0.05, 0) is 41.8 Å². The van der Waals surface area contributed by atoms with Crippen molar-refractivity contribution in [3.8, 4) is 11.5 Å². The predicted octanol–water partition coefficient (Wildman–Crippen LogP) is 2.25. The van der Waals surface area contributed by atoms with Gasteiger partial charge in [0.05, 0.1) is 18.9 Å². The Morgan fingerprint density at radius 1 is 1.11 bits per heavy atom. The van der Waals surface area contributed by atoms with E-state index in [1.807, 2.05) is 24.3 Å². The van der Waals surface area contributed by atoms with E-state index in [2.05, 4.69) is 24.1 Å². The van der Waals surface area contributed by atoms with Gasteiger partial charge in [-0.2, -0.15) is 0 Å². The number of nitrogens with one attached hydrogen (secondary N) is 1. The molecular formula is C27H33N3O6. The van der Waals surface area contributed by atoms with E-state index in [0.29, 0.717) is 48.4 Å². The fraction of sp³-hybridized carbons (Fsp3) is 0.444. The second kappa shape index (κ2) is 12.0. The minimum absolute atomic E-state index is 0.142. The van der Waals surface area contributed by atoms with Crippen LogP contribution in [-0.2, 0) is 14.3 Å². The average Bonchev–Trinajstić information content (AvgIpc) is 2.89. The van der Waals surface area contributed by atoms with E-state index in [1.54, 1.807) is 18.2 Å². The van der Waals surface area contributed by atoms with E-state index in [1.165, 1.54) is 4.90 Å². The van der Waals surface area contributed by atoms with Crippen LogP contribution in [0.3, 0.4) is 0 Å². The molecule has 4 rings (SSSR count). The number of hydrogen-bond acceptors (Lipinski definition) is 7. The zero-order chi connectivity index (χ0) is 25.5. The molecule has 0 spiro atoms. The maximum absolute atomic E-state index is 12.9. The summed E-state index contributed by atoms with van der Waals surface area (Å²) in [4.78, 5) is 41.6. The molecular weight excluding hydrogens is 462 g/mol. The zero-order valence-electron chi connectivity index (χ0n) is 20.8. The van der Waals surface area contributed by atoms with E-state index < -0.39 is 0 Å². The van der Waals surface area contributed by atoms with Crippen molar-refractivity contribution in [2.45, 2.75) is 19.8 Å². The number of nitrogens with zero attached hydrogens (tertiary/aromatic N) is 2. The number of anilines is 1. The Labute approximate surface area is 211 Å². The lowest BCUT2D eigenvalue weighted by molar-refractivity contribution is -0.125. The van der Waals surface area contributed by atoms with Crippen LogP contribution < -0.4 is 19.7 Å². The van der Waals surface area contributed by atoms with Crippen molar-refractivity contribution in [1.82, 2.24) is 10.2 Å². The highest BCUT2D eigenvalue weighted by Gasteiger charge is 2.28. The Bertz CT molecular complexity index is 1100. The minimum atomic E-state index is -0.336. The summed E-state index contributed by atoms with van der Waals surface area (Å²) >= 11 is 0. The van der Waals surface area contributed by atoms with Gasteiger partial charge in [0, 0.05) is 31.7 Å². The maximum Gasteiger partial charge on any atom is 0.265 e. The van der Waals surface area contributed by atoms with E-state index >= 15 is 0 Å². The number of ketones is 1. The number of amides is 2. The first-order chi connectivity index (χ1) is 17.4. The van der Waals surface area contributed by atoms with Gasteiger partial charge in [-0.3, -0.25) is 24.2 Å². The molecule has 0 atom stereocenters. The third kappa shape index (κ3) is 6.61. The summed E-state index contributed by atoms with van der Waals surface area (Å²) in [7, 11) is 0. The standard InChI is InChI=1S/C27H33N3O6/c1-19(2)20-4-3-5-22(14-20)35-17-24(31)21-6-7-25-23(15-21)30(27(33)18-36-25)16-26(32)28-8-9-29-10-12-34-13-11-29/h3-7,14-15,19H,8-13,16-18H2,1-2H3,(H,28,32). The van der Waals surface area contributed by atoms with Gasteiger partial charge in [0.2, 0.25) is 5.91 Å². The maximum atomic E-state index is 12.9. The van der Waals surface area contributed by atoms with E-state index in [-0.39, 0.29) is 37.4 Å². The van der Waals surface area contributed by atoms with Crippen LogP contribution in [0.15, 0.2) is 42.5 Å². The number of morpholine rings is 1. The van der Waals surface area contributed by atoms with Crippen molar-refractivity contribution in [2.75, 3.05) is 64.1 Å². The largest absolute Gasteiger partial charge is 0.485 e. The first kappa shape index (κ1) is 25.7. The molecule has 2 aromatic rings. The van der Waals surface area contributed by atoms with Crippen molar-refractivity contribution in [3.05, 3.63) is 53.6 Å². The molecule has 9 heteroatoms. The monoisotopic (exact) mass is 495 g/mol. The molecule has 1 saturated heterocycles. The second-order valence-electron chi connectivity index (χ2n) is 9.19. The van der Waals surface area contributed by atoms with E-state index in [4.69, 9.17) is 14.2 Å². The predicted molar refractivity (Wildman–Crippen MR) is 135 cm³/mol. The summed E-state index contributed by atoms with van der Waals surface area (Å²) in [5.74, 6) is 0.594. The van der Waals surface area contributed by atoms with Crippen molar-refractivity contribution in [1.29, 1.82) is 0 Å². The topological polar surface area (TPSA) is 97.4 Å². The van der Waals surface area contributed by atoms with Crippen molar-refractivity contribution < 1.29 is 28.6 Å². The highest BCUT2D eigenvalue weighted by atomic mass is 16.5. The minimum Gasteiger partial charge on any atom is -0.485 e. The highest BCUT2D eigenvalue weighted by molar-refractivity contribution is 6.04. The number of carbonyl (C=O) groups is 3. The number of rotatable bonds is 10. The molecule has 0 bridgehead atoms. The fourth-order valence-electron chi connectivity index (χ4n) is 4.12. The lowest BCUT2D eigenvalue weighted by Crippen LogP contribution is -2.47. The number of fused-ring (bicyclic) bond motifs is 1. The molecule has 0 radical (unpaired) electrons. The van der Waals surface area contributed by atoms with Crippen LogP contribution in [0.5, 0.6) is 11.5 Å². The molecule has 0 saturated carbocycles. The van der Waals surface area contributed by atoms with Gasteiger partial charge in [0.1, 0.15) is 18.0 Å². The summed E-state index contributed by atoms with van der Waals surface area (Å²) in [6, 6.07) is 12.6. The van der Waals surface area contributed by atoms with Gasteiger partial charge in [-0.25, -0.2) is 0 Å². The van der Waals surface area contributed by atoms with Crippen LogP contribution in [0.25, 0.3) is 0 Å². The van der Waals surface area contributed by atoms with Crippen LogP contribution in [0.1, 0.15) is 35.7 Å². The lowest BCUT2D eigenvalue weighted by Gasteiger charge is -2.29. The van der Waals surface area contributed by atoms with Crippen LogP contribution in [0, 0.1) is 0 Å². The van der Waals surface area contributed by atoms with Crippen LogP contribution in [0.4, 0.5) is 5.69 Å². The third-order valence-electron chi connectivity index (χ3n) is 6.27. The Hall–Kier alpha value is -3.43. The average molecular weight is 496 g/mol. The van der Waals surface area contributed by atoms with Gasteiger partial charge >= 0.3 is 0 Å². The first-order valence-electron chi connectivity index (χ1n) is 12.3. The first-order valence-corrected chi connectivity index (χ1v) is 12.3. The number of benzene rings is 2. The molecule has 2 aromatic carbocycles. The van der Waals surface area contributed by atoms with Gasteiger partial charge in [-0.1, -0.05) is 26.0 Å². The van der Waals surface area contributed by atoms with Crippen LogP contribution in [0.2, 0.25) is 0 Å². The normalized spacial score (nSPS) is 15.9. The summed E-state index contributed by atoms with van der Waals surface area (Å²) in [5, 5.41) is 2.87. The Kier molecular flexibility index (Phi) is 8.56. The smallest absolute Gasteiger partial charge is 0.265 e. The summed E-state index contributed by atoms with van der Waals surface area (Å²) in [5.41, 5.74) is 1.91. The molecule has 1 N–H and O–H groups in total. The Morgan fingerprint density at radius 3 is 2.69 bits per heavy atom. The summed E-state index contributed by atoms with van der Waals surface area (Å²) in [6.45, 7) is 8.03. The third-order valence-corrected chi connectivity index (χ3v) is 6.27. The summed E-state index contributed by atoms with van der Waals surface area (Å²) < 4.78 is 16.6.